The number of carbonyl (C=O) groups is 1. The highest BCUT2D eigenvalue weighted by Crippen LogP contribution is 2.22. The van der Waals surface area contributed by atoms with Crippen LogP contribution in [0.4, 0.5) is 0 Å². The molecule has 1 heterocycles. The van der Waals surface area contributed by atoms with Crippen LogP contribution in [0.15, 0.2) is 24.3 Å². The lowest BCUT2D eigenvalue weighted by Crippen LogP contribution is -2.34. The Hall–Kier alpha value is -0.710. The number of amides is 1. The molecule has 0 saturated carbocycles. The van der Waals surface area contributed by atoms with Crippen LogP contribution in [0, 0.1) is 0 Å². The maximum atomic E-state index is 12.0. The zero-order chi connectivity index (χ0) is 13.9. The van der Waals surface area contributed by atoms with Gasteiger partial charge in [0.15, 0.2) is 0 Å². The fraction of sp³-hybridized carbons (Fsp3) is 0.500. The third kappa shape index (κ3) is 4.41. The van der Waals surface area contributed by atoms with Gasteiger partial charge in [0.2, 0.25) is 5.91 Å². The zero-order valence-electron chi connectivity index (χ0n) is 10.9. The van der Waals surface area contributed by atoms with Crippen LogP contribution in [0.1, 0.15) is 18.9 Å². The molecule has 1 aromatic carbocycles. The van der Waals surface area contributed by atoms with Gasteiger partial charge in [0, 0.05) is 23.9 Å². The first-order valence-electron chi connectivity index (χ1n) is 6.29. The molecule has 19 heavy (non-hydrogen) atoms. The predicted molar refractivity (Wildman–Crippen MR) is 79.4 cm³/mol. The van der Waals surface area contributed by atoms with Crippen LogP contribution in [-0.4, -0.2) is 40.4 Å². The molecule has 1 fully saturated rings. The maximum absolute atomic E-state index is 12.0. The van der Waals surface area contributed by atoms with Gasteiger partial charge in [-0.05, 0) is 31.0 Å². The van der Waals surface area contributed by atoms with Crippen LogP contribution in [0.3, 0.4) is 0 Å². The number of nitrogens with zero attached hydrogens (tertiary/aromatic N) is 1. The Labute approximate surface area is 122 Å². The van der Waals surface area contributed by atoms with Crippen molar-refractivity contribution in [1.82, 2.24) is 4.90 Å². The van der Waals surface area contributed by atoms with E-state index >= 15 is 0 Å². The van der Waals surface area contributed by atoms with E-state index in [4.69, 9.17) is 11.6 Å². The third-order valence-corrected chi connectivity index (χ3v) is 4.45. The Kier molecular flexibility index (Phi) is 4.76. The van der Waals surface area contributed by atoms with Gasteiger partial charge in [-0.3, -0.25) is 4.79 Å². The smallest absolute Gasteiger partial charge is 0.232 e. The molecule has 1 unspecified atom stereocenters. The molecule has 5 heteroatoms. The first-order chi connectivity index (χ1) is 8.96. The zero-order valence-corrected chi connectivity index (χ0v) is 12.5. The number of likely N-dealkylation sites (tertiary alicyclic amines) is 1. The van der Waals surface area contributed by atoms with Crippen molar-refractivity contribution in [3.63, 3.8) is 0 Å². The highest BCUT2D eigenvalue weighted by atomic mass is 35.5. The third-order valence-electron chi connectivity index (χ3n) is 3.21. The van der Waals surface area contributed by atoms with Crippen LogP contribution >= 0.6 is 23.4 Å². The van der Waals surface area contributed by atoms with E-state index in [2.05, 4.69) is 0 Å². The lowest BCUT2D eigenvalue weighted by molar-refractivity contribution is -0.128. The van der Waals surface area contributed by atoms with Crippen molar-refractivity contribution in [2.45, 2.75) is 24.7 Å². The first-order valence-corrected chi connectivity index (χ1v) is 7.82. The van der Waals surface area contributed by atoms with E-state index in [1.54, 1.807) is 23.6 Å². The van der Waals surface area contributed by atoms with Gasteiger partial charge >= 0.3 is 0 Å². The molecule has 0 aromatic heterocycles. The molecule has 1 aromatic rings. The Morgan fingerprint density at radius 1 is 1.47 bits per heavy atom. The summed E-state index contributed by atoms with van der Waals surface area (Å²) in [4.78, 5) is 13.7. The molecule has 1 atom stereocenters. The molecule has 3 nitrogen and oxygen atoms in total. The Balaban J connectivity index is 1.74. The predicted octanol–water partition coefficient (Wildman–Crippen LogP) is 2.56. The van der Waals surface area contributed by atoms with Gasteiger partial charge < -0.3 is 10.0 Å². The average Bonchev–Trinajstić information content (AvgIpc) is 2.72. The van der Waals surface area contributed by atoms with E-state index in [0.29, 0.717) is 25.3 Å². The summed E-state index contributed by atoms with van der Waals surface area (Å²) < 4.78 is 0. The quantitative estimate of drug-likeness (QED) is 0.929. The second kappa shape index (κ2) is 6.16. The highest BCUT2D eigenvalue weighted by molar-refractivity contribution is 7.99. The Morgan fingerprint density at radius 3 is 2.74 bits per heavy atom. The van der Waals surface area contributed by atoms with Gasteiger partial charge in [0.25, 0.3) is 0 Å². The second-order valence-electron chi connectivity index (χ2n) is 5.18. The maximum Gasteiger partial charge on any atom is 0.232 e. The number of hydrogen-bond donors (Lipinski definition) is 1. The molecule has 1 saturated heterocycles. The minimum Gasteiger partial charge on any atom is -0.388 e. The summed E-state index contributed by atoms with van der Waals surface area (Å²) in [7, 11) is 0. The molecule has 1 aliphatic rings. The molecule has 1 aliphatic heterocycles. The van der Waals surface area contributed by atoms with Crippen LogP contribution in [-0.2, 0) is 10.5 Å². The van der Waals surface area contributed by atoms with Gasteiger partial charge in [-0.1, -0.05) is 23.7 Å². The molecule has 1 N–H and O–H groups in total. The standard InChI is InChI=1S/C14H18ClNO2S/c1-14(18)6-7-16(10-14)13(17)9-19-8-11-2-4-12(15)5-3-11/h2-5,18H,6-10H2,1H3. The molecule has 2 rings (SSSR count). The number of benzene rings is 1. The van der Waals surface area contributed by atoms with Gasteiger partial charge in [-0.25, -0.2) is 0 Å². The number of aliphatic hydroxyl groups is 1. The van der Waals surface area contributed by atoms with Crippen LogP contribution < -0.4 is 0 Å². The van der Waals surface area contributed by atoms with E-state index in [0.717, 1.165) is 16.3 Å². The minimum absolute atomic E-state index is 0.108. The average molecular weight is 300 g/mol. The van der Waals surface area contributed by atoms with E-state index < -0.39 is 5.60 Å². The van der Waals surface area contributed by atoms with E-state index in [-0.39, 0.29) is 5.91 Å². The largest absolute Gasteiger partial charge is 0.388 e. The number of hydrogen-bond acceptors (Lipinski definition) is 3. The highest BCUT2D eigenvalue weighted by Gasteiger charge is 2.33. The van der Waals surface area contributed by atoms with Crippen LogP contribution in [0.5, 0.6) is 0 Å². The summed E-state index contributed by atoms with van der Waals surface area (Å²) >= 11 is 7.41. The molecule has 0 radical (unpaired) electrons. The van der Waals surface area contributed by atoms with Crippen molar-refractivity contribution < 1.29 is 9.90 Å². The molecule has 0 bridgehead atoms. The summed E-state index contributed by atoms with van der Waals surface area (Å²) in [6.07, 6.45) is 0.667. The van der Waals surface area contributed by atoms with Gasteiger partial charge in [0.05, 0.1) is 11.4 Å². The SMILES string of the molecule is CC1(O)CCN(C(=O)CSCc2ccc(Cl)cc2)C1. The monoisotopic (exact) mass is 299 g/mol. The van der Waals surface area contributed by atoms with Crippen LogP contribution in [0.2, 0.25) is 5.02 Å². The minimum atomic E-state index is -0.712. The van der Waals surface area contributed by atoms with Crippen molar-refractivity contribution in [2.75, 3.05) is 18.8 Å². The number of β-amino-alcohol motifs (C(OH)–C–C–N with tert-alkyl or cyclic N) is 1. The summed E-state index contributed by atoms with van der Waals surface area (Å²) in [6.45, 7) is 2.89. The summed E-state index contributed by atoms with van der Waals surface area (Å²) in [5.74, 6) is 1.36. The number of rotatable bonds is 4. The molecule has 104 valence electrons. The van der Waals surface area contributed by atoms with Crippen molar-refractivity contribution in [3.05, 3.63) is 34.9 Å². The fourth-order valence-corrected chi connectivity index (χ4v) is 3.10. The Morgan fingerprint density at radius 2 is 2.16 bits per heavy atom. The molecule has 0 spiro atoms. The molecular weight excluding hydrogens is 282 g/mol. The normalized spacial score (nSPS) is 22.8. The number of carbonyl (C=O) groups excluding carboxylic acids is 1. The number of halogens is 1. The van der Waals surface area contributed by atoms with Crippen molar-refractivity contribution >= 4 is 29.3 Å². The van der Waals surface area contributed by atoms with Gasteiger partial charge in [-0.2, -0.15) is 0 Å². The van der Waals surface area contributed by atoms with Crippen molar-refractivity contribution in [1.29, 1.82) is 0 Å². The van der Waals surface area contributed by atoms with Crippen molar-refractivity contribution in [2.24, 2.45) is 0 Å². The van der Waals surface area contributed by atoms with Gasteiger partial charge in [0.1, 0.15) is 0 Å². The van der Waals surface area contributed by atoms with E-state index in [1.807, 2.05) is 24.3 Å². The lowest BCUT2D eigenvalue weighted by atomic mass is 10.1. The summed E-state index contributed by atoms with van der Waals surface area (Å²) in [5.41, 5.74) is 0.451. The molecular formula is C14H18ClNO2S. The summed E-state index contributed by atoms with van der Waals surface area (Å²) in [5, 5.41) is 10.6. The van der Waals surface area contributed by atoms with E-state index in [9.17, 15) is 9.90 Å². The topological polar surface area (TPSA) is 40.5 Å². The van der Waals surface area contributed by atoms with Crippen LogP contribution in [0.25, 0.3) is 0 Å². The Bertz CT molecular complexity index is 447. The molecule has 0 aliphatic carbocycles. The molecule has 1 amide bonds. The van der Waals surface area contributed by atoms with Crippen molar-refractivity contribution in [3.8, 4) is 0 Å². The van der Waals surface area contributed by atoms with E-state index in [1.165, 1.54) is 0 Å². The number of thioether (sulfide) groups is 1. The summed E-state index contributed by atoms with van der Waals surface area (Å²) in [6, 6.07) is 7.66. The second-order valence-corrected chi connectivity index (χ2v) is 6.60. The lowest BCUT2D eigenvalue weighted by Gasteiger charge is -2.18. The fourth-order valence-electron chi connectivity index (χ4n) is 2.09. The van der Waals surface area contributed by atoms with Gasteiger partial charge in [-0.15, -0.1) is 11.8 Å². The first kappa shape index (κ1) is 14.7.